The molecule has 4 aromatic rings. The van der Waals surface area contributed by atoms with Crippen molar-refractivity contribution in [2.75, 3.05) is 18.4 Å². The van der Waals surface area contributed by atoms with Crippen LogP contribution in [0.1, 0.15) is 32.7 Å². The SMILES string of the molecule is Cc1cc(C)cc(Nc2ncc3c(n2)CN([C@@H]2CN(C(=O)c4ccc5[nH]nnc5c4)C[C@@H]2F)C3)c1. The Morgan fingerprint density at radius 2 is 1.94 bits per heavy atom. The number of hydrogen-bond donors (Lipinski definition) is 2. The van der Waals surface area contributed by atoms with E-state index < -0.39 is 6.17 Å². The van der Waals surface area contributed by atoms with Gasteiger partial charge in [-0.05, 0) is 55.3 Å². The summed E-state index contributed by atoms with van der Waals surface area (Å²) in [5.41, 5.74) is 7.00. The summed E-state index contributed by atoms with van der Waals surface area (Å²) in [5.74, 6) is 0.329. The van der Waals surface area contributed by atoms with Gasteiger partial charge in [0.05, 0.1) is 23.8 Å². The highest BCUT2D eigenvalue weighted by Gasteiger charge is 2.41. The average molecular weight is 473 g/mol. The van der Waals surface area contributed by atoms with Crippen LogP contribution in [0.15, 0.2) is 42.6 Å². The third kappa shape index (κ3) is 4.10. The molecule has 1 fully saturated rings. The number of fused-ring (bicyclic) bond motifs is 2. The van der Waals surface area contributed by atoms with Gasteiger partial charge in [-0.3, -0.25) is 14.8 Å². The molecule has 6 rings (SSSR count). The standard InChI is InChI=1S/C25H25FN8O/c1-14-5-15(2)7-18(6-14)28-25-27-9-17-10-33(12-22(17)29-25)23-13-34(11-19(23)26)24(35)16-3-4-20-21(8-16)31-32-30-20/h3-9,19,23H,10-13H2,1-2H3,(H,27,28,29)(H,30,31,32)/t19-,23+/m0/s1. The first-order valence-corrected chi connectivity index (χ1v) is 11.6. The first kappa shape index (κ1) is 21.6. The molecule has 2 aliphatic heterocycles. The van der Waals surface area contributed by atoms with Crippen LogP contribution in [0.25, 0.3) is 11.0 Å². The number of carbonyl (C=O) groups is 1. The summed E-state index contributed by atoms with van der Waals surface area (Å²) in [7, 11) is 0. The second-order valence-corrected chi connectivity index (χ2v) is 9.41. The molecule has 2 aromatic carbocycles. The van der Waals surface area contributed by atoms with E-state index in [1.54, 1.807) is 23.1 Å². The van der Waals surface area contributed by atoms with Gasteiger partial charge in [0.15, 0.2) is 0 Å². The first-order valence-electron chi connectivity index (χ1n) is 11.6. The second-order valence-electron chi connectivity index (χ2n) is 9.41. The van der Waals surface area contributed by atoms with E-state index in [9.17, 15) is 4.79 Å². The van der Waals surface area contributed by atoms with Gasteiger partial charge in [-0.25, -0.2) is 14.4 Å². The van der Waals surface area contributed by atoms with Gasteiger partial charge in [-0.2, -0.15) is 0 Å². The number of aryl methyl sites for hydroxylation is 2. The zero-order chi connectivity index (χ0) is 24.1. The number of rotatable bonds is 4. The van der Waals surface area contributed by atoms with Gasteiger partial charge in [0.1, 0.15) is 11.7 Å². The summed E-state index contributed by atoms with van der Waals surface area (Å²) in [6.45, 7) is 5.59. The fraction of sp³-hybridized carbons (Fsp3) is 0.320. The molecule has 2 N–H and O–H groups in total. The van der Waals surface area contributed by atoms with Crippen LogP contribution < -0.4 is 5.32 Å². The molecule has 0 spiro atoms. The highest BCUT2D eigenvalue weighted by Crippen LogP contribution is 2.30. The van der Waals surface area contributed by atoms with Crippen molar-refractivity contribution in [2.24, 2.45) is 0 Å². The van der Waals surface area contributed by atoms with E-state index in [0.717, 1.165) is 33.6 Å². The first-order chi connectivity index (χ1) is 16.9. The fourth-order valence-corrected chi connectivity index (χ4v) is 5.06. The molecule has 4 heterocycles. The number of halogens is 1. The lowest BCUT2D eigenvalue weighted by atomic mass is 10.1. The lowest BCUT2D eigenvalue weighted by molar-refractivity contribution is 0.0775. The van der Waals surface area contributed by atoms with Gasteiger partial charge in [-0.1, -0.05) is 11.3 Å². The Bertz CT molecular complexity index is 1420. The minimum Gasteiger partial charge on any atom is -0.334 e. The van der Waals surface area contributed by atoms with Crippen molar-refractivity contribution < 1.29 is 9.18 Å². The van der Waals surface area contributed by atoms with Gasteiger partial charge < -0.3 is 10.2 Å². The molecular formula is C25H25FN8O. The van der Waals surface area contributed by atoms with Crippen molar-refractivity contribution in [3.8, 4) is 0 Å². The molecule has 0 aliphatic carbocycles. The molecule has 9 nitrogen and oxygen atoms in total. The predicted octanol–water partition coefficient (Wildman–Crippen LogP) is 3.29. The van der Waals surface area contributed by atoms with E-state index >= 15 is 4.39 Å². The maximum absolute atomic E-state index is 15.1. The average Bonchev–Trinajstić information content (AvgIpc) is 3.54. The van der Waals surface area contributed by atoms with Crippen LogP contribution in [0.3, 0.4) is 0 Å². The molecule has 35 heavy (non-hydrogen) atoms. The quantitative estimate of drug-likeness (QED) is 0.470. The molecule has 1 saturated heterocycles. The van der Waals surface area contributed by atoms with Crippen LogP contribution in [0.5, 0.6) is 0 Å². The van der Waals surface area contributed by atoms with Crippen LogP contribution in [0.2, 0.25) is 0 Å². The zero-order valence-electron chi connectivity index (χ0n) is 19.5. The number of nitrogens with zero attached hydrogens (tertiary/aromatic N) is 6. The van der Waals surface area contributed by atoms with E-state index in [4.69, 9.17) is 4.98 Å². The molecule has 0 saturated carbocycles. The van der Waals surface area contributed by atoms with Gasteiger partial charge >= 0.3 is 0 Å². The Labute approximate surface area is 201 Å². The highest BCUT2D eigenvalue weighted by molar-refractivity contribution is 5.97. The van der Waals surface area contributed by atoms with E-state index in [-0.39, 0.29) is 18.5 Å². The van der Waals surface area contributed by atoms with Crippen molar-refractivity contribution in [3.63, 3.8) is 0 Å². The van der Waals surface area contributed by atoms with Crippen LogP contribution in [0, 0.1) is 13.8 Å². The van der Waals surface area contributed by atoms with Gasteiger partial charge in [-0.15, -0.1) is 5.10 Å². The number of nitrogens with one attached hydrogen (secondary N) is 2. The normalized spacial score (nSPS) is 19.9. The van der Waals surface area contributed by atoms with Crippen LogP contribution in [-0.4, -0.2) is 66.4 Å². The lowest BCUT2D eigenvalue weighted by Crippen LogP contribution is -2.38. The van der Waals surface area contributed by atoms with E-state index in [2.05, 4.69) is 50.5 Å². The highest BCUT2D eigenvalue weighted by atomic mass is 19.1. The monoisotopic (exact) mass is 472 g/mol. The van der Waals surface area contributed by atoms with Gasteiger partial charge in [0.2, 0.25) is 5.95 Å². The molecule has 2 aliphatic rings. The van der Waals surface area contributed by atoms with E-state index in [1.807, 2.05) is 18.3 Å². The van der Waals surface area contributed by atoms with Crippen molar-refractivity contribution in [1.82, 2.24) is 35.2 Å². The maximum Gasteiger partial charge on any atom is 0.254 e. The van der Waals surface area contributed by atoms with Crippen molar-refractivity contribution in [3.05, 3.63) is 70.5 Å². The number of alkyl halides is 1. The number of carbonyl (C=O) groups excluding carboxylic acids is 1. The molecule has 0 bridgehead atoms. The number of hydrogen-bond acceptors (Lipinski definition) is 7. The van der Waals surface area contributed by atoms with Gasteiger partial charge in [0.25, 0.3) is 5.91 Å². The summed E-state index contributed by atoms with van der Waals surface area (Å²) in [5, 5.41) is 13.8. The minimum atomic E-state index is -1.13. The number of H-pyrrole nitrogens is 1. The number of aromatic amines is 1. The fourth-order valence-electron chi connectivity index (χ4n) is 5.06. The topological polar surface area (TPSA) is 103 Å². The number of benzene rings is 2. The number of aromatic nitrogens is 5. The second kappa shape index (κ2) is 8.38. The molecule has 2 aromatic heterocycles. The molecule has 1 amide bonds. The minimum absolute atomic E-state index is 0.0678. The summed E-state index contributed by atoms with van der Waals surface area (Å²) >= 11 is 0. The molecule has 10 heteroatoms. The third-order valence-electron chi connectivity index (χ3n) is 6.71. The Kier molecular flexibility index (Phi) is 5.18. The molecular weight excluding hydrogens is 447 g/mol. The Morgan fingerprint density at radius 3 is 2.77 bits per heavy atom. The number of likely N-dealkylation sites (tertiary alicyclic amines) is 1. The van der Waals surface area contributed by atoms with Crippen molar-refractivity contribution >= 4 is 28.6 Å². The van der Waals surface area contributed by atoms with Crippen molar-refractivity contribution in [2.45, 2.75) is 39.2 Å². The lowest BCUT2D eigenvalue weighted by Gasteiger charge is -2.24. The molecule has 0 radical (unpaired) electrons. The Hall–Kier alpha value is -3.92. The molecule has 2 atom stereocenters. The maximum atomic E-state index is 15.1. The van der Waals surface area contributed by atoms with Crippen LogP contribution in [0.4, 0.5) is 16.0 Å². The van der Waals surface area contributed by atoms with E-state index in [0.29, 0.717) is 36.7 Å². The molecule has 178 valence electrons. The molecule has 0 unspecified atom stereocenters. The smallest absolute Gasteiger partial charge is 0.254 e. The summed E-state index contributed by atoms with van der Waals surface area (Å²) in [4.78, 5) is 25.9. The van der Waals surface area contributed by atoms with E-state index in [1.165, 1.54) is 0 Å². The number of anilines is 2. The zero-order valence-corrected chi connectivity index (χ0v) is 19.5. The third-order valence-corrected chi connectivity index (χ3v) is 6.71. The summed E-state index contributed by atoms with van der Waals surface area (Å²) in [6.07, 6.45) is 0.677. The van der Waals surface area contributed by atoms with Crippen LogP contribution >= 0.6 is 0 Å². The Morgan fingerprint density at radius 1 is 1.11 bits per heavy atom. The van der Waals surface area contributed by atoms with Crippen LogP contribution in [-0.2, 0) is 13.1 Å². The summed E-state index contributed by atoms with van der Waals surface area (Å²) in [6, 6.07) is 11.0. The summed E-state index contributed by atoms with van der Waals surface area (Å²) < 4.78 is 15.1. The van der Waals surface area contributed by atoms with Gasteiger partial charge in [0, 0.05) is 42.6 Å². The van der Waals surface area contributed by atoms with Crippen molar-refractivity contribution in [1.29, 1.82) is 0 Å². The predicted molar refractivity (Wildman–Crippen MR) is 129 cm³/mol. The largest absolute Gasteiger partial charge is 0.334 e. The Balaban J connectivity index is 1.14. The number of amides is 1.